The van der Waals surface area contributed by atoms with Crippen molar-refractivity contribution in [2.45, 2.75) is 45.1 Å². The van der Waals surface area contributed by atoms with Gasteiger partial charge in [-0.05, 0) is 67.3 Å². The third-order valence-corrected chi connectivity index (χ3v) is 8.85. The number of amides is 1. The Bertz CT molecular complexity index is 1310. The topological polar surface area (TPSA) is 66.9 Å². The molecule has 1 amide bonds. The Hall–Kier alpha value is -2.71. The molecule has 0 unspecified atom stereocenters. The Morgan fingerprint density at radius 2 is 1.66 bits per heavy atom. The summed E-state index contributed by atoms with van der Waals surface area (Å²) in [5.74, 6) is -3.01. The van der Waals surface area contributed by atoms with Gasteiger partial charge in [-0.15, -0.1) is 0 Å². The molecule has 0 bridgehead atoms. The van der Waals surface area contributed by atoms with E-state index in [4.69, 9.17) is 4.74 Å². The fraction of sp³-hybridized carbons (Fsp3) is 0.519. The second-order valence-electron chi connectivity index (χ2n) is 9.98. The minimum Gasteiger partial charge on any atom is -0.381 e. The Kier molecular flexibility index (Phi) is 10.1. The van der Waals surface area contributed by atoms with Gasteiger partial charge < -0.3 is 9.64 Å². The maximum atomic E-state index is 13.9. The zero-order valence-corrected chi connectivity index (χ0v) is 23.5. The van der Waals surface area contributed by atoms with Crippen LogP contribution < -0.4 is 0 Å². The second kappa shape index (κ2) is 12.7. The van der Waals surface area contributed by atoms with E-state index in [0.717, 1.165) is 4.90 Å². The van der Waals surface area contributed by atoms with Crippen molar-refractivity contribution >= 4 is 15.9 Å². The molecular formula is C27H31F7N2O4S. The molecule has 2 atom stereocenters. The Morgan fingerprint density at radius 3 is 2.20 bits per heavy atom. The maximum absolute atomic E-state index is 13.9. The van der Waals surface area contributed by atoms with Gasteiger partial charge in [0.25, 0.3) is 0 Å². The molecule has 3 rings (SSSR count). The molecule has 0 radical (unpaired) electrons. The van der Waals surface area contributed by atoms with E-state index in [2.05, 4.69) is 0 Å². The van der Waals surface area contributed by atoms with Crippen LogP contribution in [-0.4, -0.2) is 62.6 Å². The van der Waals surface area contributed by atoms with E-state index in [9.17, 15) is 43.9 Å². The first-order valence-corrected chi connectivity index (χ1v) is 14.4. The van der Waals surface area contributed by atoms with E-state index in [1.165, 1.54) is 29.6 Å². The van der Waals surface area contributed by atoms with Crippen molar-refractivity contribution in [3.8, 4) is 0 Å². The highest BCUT2D eigenvalue weighted by Crippen LogP contribution is 2.39. The van der Waals surface area contributed by atoms with Crippen molar-refractivity contribution in [3.63, 3.8) is 0 Å². The molecule has 1 aliphatic rings. The lowest BCUT2D eigenvalue weighted by Crippen LogP contribution is -2.48. The van der Waals surface area contributed by atoms with Gasteiger partial charge in [0.05, 0.1) is 23.5 Å². The molecule has 2 aromatic carbocycles. The number of aryl methyl sites for hydroxylation is 1. The summed E-state index contributed by atoms with van der Waals surface area (Å²) < 4.78 is 126. The van der Waals surface area contributed by atoms with Crippen LogP contribution in [-0.2, 0) is 38.5 Å². The molecule has 0 N–H and O–H groups in total. The number of benzene rings is 2. The fourth-order valence-electron chi connectivity index (χ4n) is 5.02. The number of carbonyl (C=O) groups is 1. The van der Waals surface area contributed by atoms with E-state index in [-0.39, 0.29) is 43.5 Å². The molecule has 41 heavy (non-hydrogen) atoms. The molecular weight excluding hydrogens is 581 g/mol. The van der Waals surface area contributed by atoms with Crippen LogP contribution in [0.2, 0.25) is 0 Å². The van der Waals surface area contributed by atoms with Gasteiger partial charge in [0, 0.05) is 45.1 Å². The average Bonchev–Trinajstić information content (AvgIpc) is 2.87. The van der Waals surface area contributed by atoms with Gasteiger partial charge in [0.1, 0.15) is 5.82 Å². The standard InChI is InChI=1S/C27H31F7N2O4S/c1-4-40-9-10-41(38,39)36-8-7-23(24(16-36)22-6-5-21(28)11-17(22)2)25(37)35(3)15-18-12-19(26(29,30)31)14-20(13-18)27(32,33)34/h5-6,11-14,23-24H,4,7-10,15-16H2,1-3H3/t23-,24+/m1/s1. The molecule has 1 heterocycles. The summed E-state index contributed by atoms with van der Waals surface area (Å²) in [6, 6.07) is 5.01. The number of halogens is 7. The number of carbonyl (C=O) groups excluding carboxylic acids is 1. The van der Waals surface area contributed by atoms with Crippen molar-refractivity contribution in [1.29, 1.82) is 0 Å². The van der Waals surface area contributed by atoms with Gasteiger partial charge in [-0.25, -0.2) is 17.1 Å². The monoisotopic (exact) mass is 612 g/mol. The molecule has 0 saturated carbocycles. The highest BCUT2D eigenvalue weighted by molar-refractivity contribution is 7.89. The van der Waals surface area contributed by atoms with E-state index >= 15 is 0 Å². The number of nitrogens with zero attached hydrogens (tertiary/aromatic N) is 2. The largest absolute Gasteiger partial charge is 0.416 e. The van der Waals surface area contributed by atoms with E-state index in [0.29, 0.717) is 29.9 Å². The van der Waals surface area contributed by atoms with Crippen LogP contribution in [0.15, 0.2) is 36.4 Å². The molecule has 2 aromatic rings. The number of ether oxygens (including phenoxy) is 1. The summed E-state index contributed by atoms with van der Waals surface area (Å²) in [7, 11) is -2.52. The summed E-state index contributed by atoms with van der Waals surface area (Å²) in [4.78, 5) is 14.6. The SMILES string of the molecule is CCOCCS(=O)(=O)N1CC[C@@H](C(=O)N(C)Cc2cc(C(F)(F)F)cc(C(F)(F)F)c2)[C@H](c2ccc(F)cc2C)C1. The summed E-state index contributed by atoms with van der Waals surface area (Å²) in [5.41, 5.74) is -2.37. The van der Waals surface area contributed by atoms with Gasteiger partial charge in [-0.2, -0.15) is 26.3 Å². The van der Waals surface area contributed by atoms with Gasteiger partial charge in [0.15, 0.2) is 0 Å². The normalized spacial score (nSPS) is 18.9. The third kappa shape index (κ3) is 8.19. The lowest BCUT2D eigenvalue weighted by atomic mass is 9.79. The third-order valence-electron chi connectivity index (χ3n) is 7.05. The van der Waals surface area contributed by atoms with E-state index in [1.807, 2.05) is 0 Å². The zero-order chi connectivity index (χ0) is 30.8. The zero-order valence-electron chi connectivity index (χ0n) is 22.6. The summed E-state index contributed by atoms with van der Waals surface area (Å²) in [6.07, 6.45) is -10.0. The molecule has 1 fully saturated rings. The van der Waals surface area contributed by atoms with E-state index in [1.54, 1.807) is 13.8 Å². The van der Waals surface area contributed by atoms with Crippen LogP contribution in [0.5, 0.6) is 0 Å². The molecule has 1 saturated heterocycles. The molecule has 0 spiro atoms. The smallest absolute Gasteiger partial charge is 0.381 e. The summed E-state index contributed by atoms with van der Waals surface area (Å²) in [6.45, 7) is 2.92. The van der Waals surface area contributed by atoms with Crippen molar-refractivity contribution in [1.82, 2.24) is 9.21 Å². The van der Waals surface area contributed by atoms with Crippen molar-refractivity contribution in [3.05, 3.63) is 70.0 Å². The van der Waals surface area contributed by atoms with Crippen molar-refractivity contribution in [2.75, 3.05) is 39.1 Å². The molecule has 1 aliphatic heterocycles. The minimum atomic E-state index is -5.04. The lowest BCUT2D eigenvalue weighted by molar-refractivity contribution is -0.143. The van der Waals surface area contributed by atoms with Crippen LogP contribution in [0.3, 0.4) is 0 Å². The predicted octanol–water partition coefficient (Wildman–Crippen LogP) is 5.60. The fourth-order valence-corrected chi connectivity index (χ4v) is 6.38. The highest BCUT2D eigenvalue weighted by Gasteiger charge is 2.41. The lowest BCUT2D eigenvalue weighted by Gasteiger charge is -2.39. The van der Waals surface area contributed by atoms with Crippen molar-refractivity contribution < 1.29 is 48.7 Å². The number of alkyl halides is 6. The number of piperidine rings is 1. The van der Waals surface area contributed by atoms with Crippen LogP contribution in [0.1, 0.15) is 47.1 Å². The molecule has 228 valence electrons. The molecule has 0 aromatic heterocycles. The maximum Gasteiger partial charge on any atom is 0.416 e. The molecule has 6 nitrogen and oxygen atoms in total. The van der Waals surface area contributed by atoms with Crippen molar-refractivity contribution in [2.24, 2.45) is 5.92 Å². The number of sulfonamides is 1. The van der Waals surface area contributed by atoms with E-state index < -0.39 is 63.6 Å². The summed E-state index contributed by atoms with van der Waals surface area (Å²) >= 11 is 0. The van der Waals surface area contributed by atoms with Gasteiger partial charge in [-0.1, -0.05) is 6.07 Å². The average molecular weight is 613 g/mol. The van der Waals surface area contributed by atoms with Crippen LogP contribution in [0.25, 0.3) is 0 Å². The summed E-state index contributed by atoms with van der Waals surface area (Å²) in [5, 5.41) is 0. The Balaban J connectivity index is 1.92. The van der Waals surface area contributed by atoms with Crippen LogP contribution in [0, 0.1) is 18.7 Å². The highest BCUT2D eigenvalue weighted by atomic mass is 32.2. The van der Waals surface area contributed by atoms with Gasteiger partial charge in [0.2, 0.25) is 15.9 Å². The second-order valence-corrected chi connectivity index (χ2v) is 12.1. The Morgan fingerprint density at radius 1 is 1.05 bits per heavy atom. The molecule has 14 heteroatoms. The van der Waals surface area contributed by atoms with Gasteiger partial charge >= 0.3 is 12.4 Å². The first-order chi connectivity index (χ1) is 18.9. The first kappa shape index (κ1) is 32.8. The van der Waals surface area contributed by atoms with Crippen LogP contribution in [0.4, 0.5) is 30.7 Å². The number of hydrogen-bond acceptors (Lipinski definition) is 4. The van der Waals surface area contributed by atoms with Gasteiger partial charge in [-0.3, -0.25) is 4.79 Å². The van der Waals surface area contributed by atoms with Crippen LogP contribution >= 0.6 is 0 Å². The predicted molar refractivity (Wildman–Crippen MR) is 137 cm³/mol. The first-order valence-electron chi connectivity index (χ1n) is 12.8. The number of rotatable bonds is 9. The molecule has 0 aliphatic carbocycles. The Labute approximate surface area is 234 Å². The quantitative estimate of drug-likeness (QED) is 0.273. The minimum absolute atomic E-state index is 0.0143. The number of hydrogen-bond donors (Lipinski definition) is 0.